The van der Waals surface area contributed by atoms with Crippen LogP contribution in [0.5, 0.6) is 5.75 Å². The number of nitrogens with one attached hydrogen (secondary N) is 1. The summed E-state index contributed by atoms with van der Waals surface area (Å²) in [6.45, 7) is 0.489. The molecule has 27 heavy (non-hydrogen) atoms. The van der Waals surface area contributed by atoms with E-state index in [2.05, 4.69) is 10.5 Å². The minimum absolute atomic E-state index is 0.0215. The highest BCUT2D eigenvalue weighted by atomic mass is 35.5. The molecular formula is C21H17ClN2O3. The zero-order valence-corrected chi connectivity index (χ0v) is 15.1. The first-order valence-electron chi connectivity index (χ1n) is 8.20. The van der Waals surface area contributed by atoms with Gasteiger partial charge in [0.05, 0.1) is 22.5 Å². The Bertz CT molecular complexity index is 959. The highest BCUT2D eigenvalue weighted by Crippen LogP contribution is 2.20. The van der Waals surface area contributed by atoms with E-state index >= 15 is 0 Å². The molecule has 0 heterocycles. The van der Waals surface area contributed by atoms with Crippen molar-refractivity contribution in [3.05, 3.63) is 94.5 Å². The lowest BCUT2D eigenvalue weighted by molar-refractivity contribution is 0.0697. The average molecular weight is 381 g/mol. The van der Waals surface area contributed by atoms with E-state index in [4.69, 9.17) is 21.4 Å². The van der Waals surface area contributed by atoms with Crippen LogP contribution in [0.3, 0.4) is 0 Å². The van der Waals surface area contributed by atoms with Gasteiger partial charge in [0.2, 0.25) is 0 Å². The number of carboxylic acid groups (broad SMARTS) is 1. The smallest absolute Gasteiger partial charge is 0.337 e. The molecule has 0 aromatic heterocycles. The van der Waals surface area contributed by atoms with Crippen molar-refractivity contribution in [2.24, 2.45) is 5.10 Å². The molecule has 3 rings (SSSR count). The number of nitrogens with zero attached hydrogens (tertiary/aromatic N) is 1. The number of carbonyl (C=O) groups is 1. The van der Waals surface area contributed by atoms with Gasteiger partial charge >= 0.3 is 5.97 Å². The van der Waals surface area contributed by atoms with Crippen LogP contribution < -0.4 is 10.2 Å². The Labute approximate surface area is 161 Å². The molecule has 5 nitrogen and oxygen atoms in total. The van der Waals surface area contributed by atoms with Crippen LogP contribution in [0, 0.1) is 0 Å². The third-order valence-corrected chi connectivity index (χ3v) is 4.04. The lowest BCUT2D eigenvalue weighted by Gasteiger charge is -2.07. The van der Waals surface area contributed by atoms with Crippen LogP contribution >= 0.6 is 11.6 Å². The van der Waals surface area contributed by atoms with E-state index in [1.807, 2.05) is 54.6 Å². The van der Waals surface area contributed by atoms with Gasteiger partial charge < -0.3 is 9.84 Å². The molecule has 0 radical (unpaired) electrons. The fourth-order valence-electron chi connectivity index (χ4n) is 2.37. The number of anilines is 1. The number of ether oxygens (including phenoxy) is 1. The summed E-state index contributed by atoms with van der Waals surface area (Å²) in [6.07, 6.45) is 1.63. The van der Waals surface area contributed by atoms with Crippen molar-refractivity contribution >= 4 is 29.5 Å². The lowest BCUT2D eigenvalue weighted by Crippen LogP contribution is -1.99. The van der Waals surface area contributed by atoms with Crippen LogP contribution in [0.15, 0.2) is 77.9 Å². The number of carboxylic acids is 1. The minimum atomic E-state index is -1.09. The van der Waals surface area contributed by atoms with Crippen molar-refractivity contribution in [3.8, 4) is 5.75 Å². The number of hydrogen-bond donors (Lipinski definition) is 2. The zero-order valence-electron chi connectivity index (χ0n) is 14.3. The predicted molar refractivity (Wildman–Crippen MR) is 107 cm³/mol. The largest absolute Gasteiger partial charge is 0.489 e. The molecule has 2 N–H and O–H groups in total. The highest BCUT2D eigenvalue weighted by Gasteiger charge is 2.08. The molecule has 3 aromatic rings. The van der Waals surface area contributed by atoms with Gasteiger partial charge in [-0.15, -0.1) is 0 Å². The molecule has 0 atom stereocenters. The van der Waals surface area contributed by atoms with Crippen LogP contribution in [0.25, 0.3) is 0 Å². The molecule has 3 aromatic carbocycles. The predicted octanol–water partition coefficient (Wildman–Crippen LogP) is 5.06. The number of aromatic carboxylic acids is 1. The molecule has 0 fully saturated rings. The third kappa shape index (κ3) is 5.33. The number of benzene rings is 3. The summed E-state index contributed by atoms with van der Waals surface area (Å²) in [5, 5.41) is 13.4. The summed E-state index contributed by atoms with van der Waals surface area (Å²) in [6, 6.07) is 22.1. The Morgan fingerprint density at radius 1 is 1.07 bits per heavy atom. The maximum absolute atomic E-state index is 11.1. The second-order valence-corrected chi connectivity index (χ2v) is 6.12. The lowest BCUT2D eigenvalue weighted by atomic mass is 10.2. The fourth-order valence-corrected chi connectivity index (χ4v) is 2.56. The van der Waals surface area contributed by atoms with E-state index < -0.39 is 5.97 Å². The molecule has 0 amide bonds. The third-order valence-electron chi connectivity index (χ3n) is 3.71. The monoisotopic (exact) mass is 380 g/mol. The van der Waals surface area contributed by atoms with Crippen LogP contribution in [0.2, 0.25) is 5.02 Å². The van der Waals surface area contributed by atoms with Crippen molar-refractivity contribution in [2.45, 2.75) is 6.61 Å². The molecule has 0 saturated heterocycles. The first-order valence-corrected chi connectivity index (χ1v) is 8.58. The maximum atomic E-state index is 11.1. The Morgan fingerprint density at radius 3 is 2.67 bits per heavy atom. The fraction of sp³-hybridized carbons (Fsp3) is 0.0476. The van der Waals surface area contributed by atoms with Gasteiger partial charge in [-0.25, -0.2) is 4.79 Å². The van der Waals surface area contributed by atoms with Gasteiger partial charge in [-0.05, 0) is 41.5 Å². The standard InChI is InChI=1S/C21H17ClN2O3/c22-20-10-9-17(12-19(20)21(25)26)24-23-13-16-7-4-8-18(11-16)27-14-15-5-2-1-3-6-15/h1-13,24H,14H2,(H,25,26)/b23-13+. The Morgan fingerprint density at radius 2 is 1.89 bits per heavy atom. The molecule has 0 aliphatic carbocycles. The average Bonchev–Trinajstić information content (AvgIpc) is 2.68. The van der Waals surface area contributed by atoms with Crippen LogP contribution in [-0.2, 0) is 6.61 Å². The van der Waals surface area contributed by atoms with E-state index in [0.29, 0.717) is 12.3 Å². The summed E-state index contributed by atoms with van der Waals surface area (Å²) >= 11 is 5.85. The van der Waals surface area contributed by atoms with E-state index in [-0.39, 0.29) is 10.6 Å². The summed E-state index contributed by atoms with van der Waals surface area (Å²) in [4.78, 5) is 11.1. The van der Waals surface area contributed by atoms with E-state index in [9.17, 15) is 4.79 Å². The van der Waals surface area contributed by atoms with E-state index in [1.165, 1.54) is 12.1 Å². The Hall–Kier alpha value is -3.31. The summed E-state index contributed by atoms with van der Waals surface area (Å²) in [5.74, 6) is -0.349. The number of hydrogen-bond acceptors (Lipinski definition) is 4. The first kappa shape index (κ1) is 18.5. The van der Waals surface area contributed by atoms with Gasteiger partial charge in [-0.1, -0.05) is 54.1 Å². The SMILES string of the molecule is O=C(O)c1cc(N/N=C/c2cccc(OCc3ccccc3)c2)ccc1Cl. The topological polar surface area (TPSA) is 70.9 Å². The first-order chi connectivity index (χ1) is 13.1. The van der Waals surface area contributed by atoms with E-state index in [1.54, 1.807) is 12.3 Å². The summed E-state index contributed by atoms with van der Waals surface area (Å²) < 4.78 is 5.79. The normalized spacial score (nSPS) is 10.7. The van der Waals surface area contributed by atoms with Gasteiger partial charge in [0.15, 0.2) is 0 Å². The van der Waals surface area contributed by atoms with Crippen molar-refractivity contribution in [1.82, 2.24) is 0 Å². The molecule has 0 spiro atoms. The van der Waals surface area contributed by atoms with Crippen LogP contribution in [0.4, 0.5) is 5.69 Å². The quantitative estimate of drug-likeness (QED) is 0.443. The number of hydrazone groups is 1. The van der Waals surface area contributed by atoms with Gasteiger partial charge in [-0.2, -0.15) is 5.10 Å². The van der Waals surface area contributed by atoms with Crippen molar-refractivity contribution in [1.29, 1.82) is 0 Å². The van der Waals surface area contributed by atoms with Crippen LogP contribution in [-0.4, -0.2) is 17.3 Å². The Kier molecular flexibility index (Phi) is 6.07. The second kappa shape index (κ2) is 8.87. The number of halogens is 1. The number of rotatable bonds is 7. The minimum Gasteiger partial charge on any atom is -0.489 e. The van der Waals surface area contributed by atoms with Gasteiger partial charge in [0, 0.05) is 0 Å². The Balaban J connectivity index is 1.62. The summed E-state index contributed by atoms with van der Waals surface area (Å²) in [7, 11) is 0. The van der Waals surface area contributed by atoms with Crippen molar-refractivity contribution < 1.29 is 14.6 Å². The van der Waals surface area contributed by atoms with Gasteiger partial charge in [0.25, 0.3) is 0 Å². The highest BCUT2D eigenvalue weighted by molar-refractivity contribution is 6.33. The molecular weight excluding hydrogens is 364 g/mol. The molecule has 6 heteroatoms. The molecule has 0 saturated carbocycles. The van der Waals surface area contributed by atoms with Crippen LogP contribution in [0.1, 0.15) is 21.5 Å². The van der Waals surface area contributed by atoms with Crippen molar-refractivity contribution in [3.63, 3.8) is 0 Å². The zero-order chi connectivity index (χ0) is 19.1. The van der Waals surface area contributed by atoms with Gasteiger partial charge in [-0.3, -0.25) is 5.43 Å². The van der Waals surface area contributed by atoms with Gasteiger partial charge in [0.1, 0.15) is 12.4 Å². The van der Waals surface area contributed by atoms with E-state index in [0.717, 1.165) is 16.9 Å². The molecule has 0 aliphatic rings. The molecule has 0 aliphatic heterocycles. The second-order valence-electron chi connectivity index (χ2n) is 5.72. The molecule has 0 unspecified atom stereocenters. The maximum Gasteiger partial charge on any atom is 0.337 e. The molecule has 136 valence electrons. The summed E-state index contributed by atoms with van der Waals surface area (Å²) in [5.41, 5.74) is 5.29. The molecule has 0 bridgehead atoms. The van der Waals surface area contributed by atoms with Crippen molar-refractivity contribution in [2.75, 3.05) is 5.43 Å².